The fraction of sp³-hybridized carbons (Fsp3) is 0. The molecule has 1 heterocycles. The van der Waals surface area contributed by atoms with Gasteiger partial charge in [0.05, 0.1) is 22.4 Å². The highest BCUT2D eigenvalue weighted by Crippen LogP contribution is 2.24. The minimum Gasteiger partial charge on any atom is -0.478 e. The zero-order chi connectivity index (χ0) is 15.6. The predicted molar refractivity (Wildman–Crippen MR) is 76.5 cm³/mol. The number of halogens is 1. The first-order chi connectivity index (χ1) is 9.88. The maximum Gasteiger partial charge on any atom is 0.335 e. The smallest absolute Gasteiger partial charge is 0.335 e. The maximum absolute atomic E-state index is 11.9. The molecule has 8 nitrogen and oxygen atoms in total. The number of aromatic carboxylic acids is 1. The molecule has 0 unspecified atom stereocenters. The molecule has 0 bridgehead atoms. The summed E-state index contributed by atoms with van der Waals surface area (Å²) in [5.74, 6) is -1.67. The molecular weight excluding hydrogens is 346 g/mol. The van der Waals surface area contributed by atoms with Crippen molar-refractivity contribution in [3.05, 3.63) is 56.3 Å². The number of carboxylic acid groups (broad SMARTS) is 1. The number of benzene rings is 1. The van der Waals surface area contributed by atoms with Crippen LogP contribution in [-0.4, -0.2) is 26.9 Å². The number of rotatable bonds is 4. The monoisotopic (exact) mass is 353 g/mol. The van der Waals surface area contributed by atoms with Crippen molar-refractivity contribution in [2.75, 3.05) is 5.32 Å². The number of nitrogens with one attached hydrogen (secondary N) is 2. The quantitative estimate of drug-likeness (QED) is 0.575. The molecule has 9 heteroatoms. The van der Waals surface area contributed by atoms with Crippen LogP contribution in [0.2, 0.25) is 0 Å². The third-order valence-electron chi connectivity index (χ3n) is 2.59. The number of aromatic amines is 1. The number of H-pyrrole nitrogens is 1. The Kier molecular flexibility index (Phi) is 4.03. The molecule has 108 valence electrons. The first-order valence-corrected chi connectivity index (χ1v) is 6.35. The second kappa shape index (κ2) is 5.75. The van der Waals surface area contributed by atoms with E-state index in [9.17, 15) is 19.7 Å². The van der Waals surface area contributed by atoms with Crippen LogP contribution in [0.1, 0.15) is 20.8 Å². The van der Waals surface area contributed by atoms with Crippen LogP contribution >= 0.6 is 15.9 Å². The first-order valence-electron chi connectivity index (χ1n) is 5.55. The molecule has 2 rings (SSSR count). The van der Waals surface area contributed by atoms with E-state index >= 15 is 0 Å². The van der Waals surface area contributed by atoms with Crippen molar-refractivity contribution < 1.29 is 19.6 Å². The summed E-state index contributed by atoms with van der Waals surface area (Å²) in [6, 6.07) is 5.20. The Balaban J connectivity index is 2.19. The van der Waals surface area contributed by atoms with Gasteiger partial charge in [-0.05, 0) is 34.1 Å². The molecule has 3 N–H and O–H groups in total. The third kappa shape index (κ3) is 3.26. The summed E-state index contributed by atoms with van der Waals surface area (Å²) in [4.78, 5) is 35.1. The topological polar surface area (TPSA) is 125 Å². The van der Waals surface area contributed by atoms with Crippen molar-refractivity contribution in [1.82, 2.24) is 4.98 Å². The molecule has 1 aromatic carbocycles. The van der Waals surface area contributed by atoms with Gasteiger partial charge in [-0.1, -0.05) is 0 Å². The van der Waals surface area contributed by atoms with Crippen LogP contribution in [-0.2, 0) is 0 Å². The summed E-state index contributed by atoms with van der Waals surface area (Å²) in [7, 11) is 0. The molecule has 21 heavy (non-hydrogen) atoms. The molecule has 1 aromatic heterocycles. The van der Waals surface area contributed by atoms with Crippen LogP contribution in [0.5, 0.6) is 0 Å². The number of nitrogens with zero attached hydrogens (tertiary/aromatic N) is 1. The van der Waals surface area contributed by atoms with Crippen molar-refractivity contribution in [1.29, 1.82) is 0 Å². The lowest BCUT2D eigenvalue weighted by atomic mass is 10.2. The number of carboxylic acids is 1. The normalized spacial score (nSPS) is 10.1. The molecule has 0 aliphatic heterocycles. The molecule has 0 saturated heterocycles. The maximum atomic E-state index is 11.9. The Morgan fingerprint density at radius 2 is 2.05 bits per heavy atom. The van der Waals surface area contributed by atoms with Crippen LogP contribution in [0.3, 0.4) is 0 Å². The lowest BCUT2D eigenvalue weighted by Crippen LogP contribution is -2.13. The number of anilines is 1. The van der Waals surface area contributed by atoms with Crippen LogP contribution in [0, 0.1) is 10.1 Å². The number of nitro groups is 1. The second-order valence-electron chi connectivity index (χ2n) is 3.98. The van der Waals surface area contributed by atoms with E-state index in [1.807, 2.05) is 0 Å². The Morgan fingerprint density at radius 1 is 1.33 bits per heavy atom. The van der Waals surface area contributed by atoms with Gasteiger partial charge in [-0.3, -0.25) is 14.9 Å². The molecular formula is C12H8BrN3O5. The number of carbonyl (C=O) groups excluding carboxylic acids is 1. The van der Waals surface area contributed by atoms with Crippen LogP contribution < -0.4 is 5.32 Å². The Morgan fingerprint density at radius 3 is 2.57 bits per heavy atom. The SMILES string of the molecule is O=C(O)c1ccc(NC(=O)c2cc([N+](=O)[O-])c[nH]2)c(Br)c1. The Bertz CT molecular complexity index is 740. The number of aromatic nitrogens is 1. The van der Waals surface area contributed by atoms with E-state index in [1.54, 1.807) is 0 Å². The van der Waals surface area contributed by atoms with E-state index in [0.29, 0.717) is 10.2 Å². The molecule has 0 spiro atoms. The largest absolute Gasteiger partial charge is 0.478 e. The van der Waals surface area contributed by atoms with Crippen molar-refractivity contribution in [2.45, 2.75) is 0 Å². The van der Waals surface area contributed by atoms with Crippen LogP contribution in [0.15, 0.2) is 34.9 Å². The van der Waals surface area contributed by atoms with Gasteiger partial charge in [0.1, 0.15) is 5.69 Å². The summed E-state index contributed by atoms with van der Waals surface area (Å²) in [5.41, 5.74) is 0.217. The molecule has 0 radical (unpaired) electrons. The Labute approximate surface area is 126 Å². The molecule has 0 aliphatic rings. The molecule has 2 aromatic rings. The molecule has 0 aliphatic carbocycles. The van der Waals surface area contributed by atoms with Gasteiger partial charge in [0.2, 0.25) is 0 Å². The second-order valence-corrected chi connectivity index (χ2v) is 4.84. The van der Waals surface area contributed by atoms with E-state index in [0.717, 1.165) is 12.3 Å². The lowest BCUT2D eigenvalue weighted by Gasteiger charge is -2.07. The van der Waals surface area contributed by atoms with Crippen molar-refractivity contribution in [2.24, 2.45) is 0 Å². The van der Waals surface area contributed by atoms with Crippen LogP contribution in [0.4, 0.5) is 11.4 Å². The van der Waals surface area contributed by atoms with Gasteiger partial charge in [-0.25, -0.2) is 4.79 Å². The van der Waals surface area contributed by atoms with Gasteiger partial charge >= 0.3 is 5.97 Å². The minimum atomic E-state index is -1.09. The number of carbonyl (C=O) groups is 2. The Hall–Kier alpha value is -2.68. The number of hydrogen-bond acceptors (Lipinski definition) is 4. The zero-order valence-corrected chi connectivity index (χ0v) is 11.9. The summed E-state index contributed by atoms with van der Waals surface area (Å²) in [5, 5.41) is 21.9. The van der Waals surface area contributed by atoms with E-state index in [4.69, 9.17) is 5.11 Å². The third-order valence-corrected chi connectivity index (χ3v) is 3.24. The van der Waals surface area contributed by atoms with Gasteiger partial charge in [0.15, 0.2) is 0 Å². The van der Waals surface area contributed by atoms with Gasteiger partial charge in [-0.2, -0.15) is 0 Å². The number of hydrogen-bond donors (Lipinski definition) is 3. The molecule has 1 amide bonds. The fourth-order valence-corrected chi connectivity index (χ4v) is 2.04. The summed E-state index contributed by atoms with van der Waals surface area (Å²) >= 11 is 3.15. The van der Waals surface area contributed by atoms with E-state index < -0.39 is 16.8 Å². The molecule has 0 fully saturated rings. The van der Waals surface area contributed by atoms with E-state index in [-0.39, 0.29) is 16.9 Å². The highest BCUT2D eigenvalue weighted by molar-refractivity contribution is 9.10. The molecule has 0 saturated carbocycles. The van der Waals surface area contributed by atoms with E-state index in [2.05, 4.69) is 26.2 Å². The average Bonchev–Trinajstić information content (AvgIpc) is 2.90. The average molecular weight is 354 g/mol. The van der Waals surface area contributed by atoms with Gasteiger partial charge < -0.3 is 15.4 Å². The van der Waals surface area contributed by atoms with Gasteiger partial charge in [0, 0.05) is 10.5 Å². The molecule has 0 atom stereocenters. The predicted octanol–water partition coefficient (Wildman–Crippen LogP) is 2.64. The lowest BCUT2D eigenvalue weighted by molar-refractivity contribution is -0.384. The fourth-order valence-electron chi connectivity index (χ4n) is 1.56. The number of amides is 1. The highest BCUT2D eigenvalue weighted by Gasteiger charge is 2.16. The van der Waals surface area contributed by atoms with Crippen molar-refractivity contribution in [3.8, 4) is 0 Å². The van der Waals surface area contributed by atoms with Crippen molar-refractivity contribution >= 4 is 39.2 Å². The summed E-state index contributed by atoms with van der Waals surface area (Å²) < 4.78 is 0.386. The summed E-state index contributed by atoms with van der Waals surface area (Å²) in [6.45, 7) is 0. The van der Waals surface area contributed by atoms with Crippen LogP contribution in [0.25, 0.3) is 0 Å². The highest BCUT2D eigenvalue weighted by atomic mass is 79.9. The van der Waals surface area contributed by atoms with Crippen molar-refractivity contribution in [3.63, 3.8) is 0 Å². The standard InChI is InChI=1S/C12H8BrN3O5/c13-8-3-6(12(18)19)1-2-9(8)15-11(17)10-4-7(5-14-10)16(20)21/h1-5,14H,(H,15,17)(H,18,19). The minimum absolute atomic E-state index is 0.0240. The first kappa shape index (κ1) is 14.7. The zero-order valence-electron chi connectivity index (χ0n) is 10.3. The van der Waals surface area contributed by atoms with Gasteiger partial charge in [-0.15, -0.1) is 0 Å². The van der Waals surface area contributed by atoms with E-state index in [1.165, 1.54) is 18.2 Å². The summed E-state index contributed by atoms with van der Waals surface area (Å²) in [6.07, 6.45) is 1.11. The van der Waals surface area contributed by atoms with Gasteiger partial charge in [0.25, 0.3) is 11.6 Å².